The van der Waals surface area contributed by atoms with Crippen LogP contribution in [0.3, 0.4) is 0 Å². The van der Waals surface area contributed by atoms with Gasteiger partial charge in [0.05, 0.1) is 33.8 Å². The molecule has 11 heteroatoms. The summed E-state index contributed by atoms with van der Waals surface area (Å²) in [6.45, 7) is 5.46. The van der Waals surface area contributed by atoms with E-state index < -0.39 is 17.5 Å². The lowest BCUT2D eigenvalue weighted by molar-refractivity contribution is 0.0297. The van der Waals surface area contributed by atoms with Gasteiger partial charge in [0.1, 0.15) is 29.6 Å². The second kappa shape index (κ2) is 10.3. The molecule has 10 nitrogen and oxygen atoms in total. The number of hydrogen-bond donors (Lipinski definition) is 2. The number of carbonyl (C=O) groups is 1. The highest BCUT2D eigenvalue weighted by Gasteiger charge is 2.36. The number of aryl methyl sites for hydroxylation is 1. The molecule has 0 aliphatic heterocycles. The number of fused-ring (bicyclic) bond motifs is 2. The molecule has 0 radical (unpaired) electrons. The minimum atomic E-state index is -0.608. The van der Waals surface area contributed by atoms with Crippen molar-refractivity contribution in [2.24, 2.45) is 7.05 Å². The van der Waals surface area contributed by atoms with Gasteiger partial charge in [-0.15, -0.1) is 0 Å². The predicted octanol–water partition coefficient (Wildman–Crippen LogP) is 5.90. The Hall–Kier alpha value is -4.80. The Labute approximate surface area is 235 Å². The summed E-state index contributed by atoms with van der Waals surface area (Å²) < 4.78 is 29.1. The second-order valence-corrected chi connectivity index (χ2v) is 11.1. The van der Waals surface area contributed by atoms with E-state index in [2.05, 4.69) is 30.7 Å². The van der Waals surface area contributed by atoms with Crippen LogP contribution in [0.25, 0.3) is 33.1 Å². The maximum atomic E-state index is 15.5. The number of aromatic nitrogens is 5. The summed E-state index contributed by atoms with van der Waals surface area (Å²) >= 11 is 0. The number of ether oxygens (including phenoxy) is 2. The van der Waals surface area contributed by atoms with E-state index in [0.29, 0.717) is 33.4 Å². The highest BCUT2D eigenvalue weighted by molar-refractivity contribution is 5.99. The molecule has 2 aromatic carbocycles. The smallest absolute Gasteiger partial charge is 0.408 e. The summed E-state index contributed by atoms with van der Waals surface area (Å²) in [4.78, 5) is 25.6. The van der Waals surface area contributed by atoms with Crippen molar-refractivity contribution in [3.05, 3.63) is 67.0 Å². The van der Waals surface area contributed by atoms with Crippen LogP contribution in [0.2, 0.25) is 0 Å². The van der Waals surface area contributed by atoms with Crippen LogP contribution in [0.1, 0.15) is 33.6 Å². The highest BCUT2D eigenvalue weighted by atomic mass is 19.1. The van der Waals surface area contributed by atoms with Crippen LogP contribution in [0, 0.1) is 5.82 Å². The van der Waals surface area contributed by atoms with Gasteiger partial charge in [-0.05, 0) is 76.1 Å². The fourth-order valence-corrected chi connectivity index (χ4v) is 4.80. The van der Waals surface area contributed by atoms with Gasteiger partial charge in [0.15, 0.2) is 5.82 Å². The van der Waals surface area contributed by atoms with Crippen molar-refractivity contribution in [2.45, 2.75) is 51.4 Å². The average Bonchev–Trinajstić information content (AvgIpc) is 3.36. The first-order valence-electron chi connectivity index (χ1n) is 13.4. The van der Waals surface area contributed by atoms with Crippen LogP contribution in [0.4, 0.5) is 20.7 Å². The van der Waals surface area contributed by atoms with Crippen molar-refractivity contribution in [1.82, 2.24) is 30.0 Å². The molecule has 2 N–H and O–H groups in total. The molecule has 0 spiro atoms. The first-order valence-corrected chi connectivity index (χ1v) is 13.4. The number of hydrogen-bond acceptors (Lipinski definition) is 8. The zero-order chi connectivity index (χ0) is 28.7. The third-order valence-corrected chi connectivity index (χ3v) is 6.88. The minimum Gasteiger partial charge on any atom is -0.487 e. The van der Waals surface area contributed by atoms with Crippen molar-refractivity contribution in [1.29, 1.82) is 0 Å². The van der Waals surface area contributed by atoms with Gasteiger partial charge in [0.2, 0.25) is 0 Å². The first-order chi connectivity index (χ1) is 19.6. The Bertz CT molecular complexity index is 1760. The van der Waals surface area contributed by atoms with E-state index in [-0.39, 0.29) is 17.8 Å². The standard InChI is InChI=1S/C30H30FN7O3/c1-30(2,3)41-29(39)36-21-9-10-24(21)40-25-15-17(19-11-13-38(4)37-19)14-23-26(25)28(34-16-33-23)35-22-8-7-20-18(27(22)31)6-5-12-32-20/h5-8,11-16,21,24H,9-10H2,1-4H3,(H,36,39)(H,33,34,35). The minimum absolute atomic E-state index is 0.232. The number of carbonyl (C=O) groups excluding carboxylic acids is 1. The molecular weight excluding hydrogens is 525 g/mol. The second-order valence-electron chi connectivity index (χ2n) is 11.1. The summed E-state index contributed by atoms with van der Waals surface area (Å²) in [6.07, 6.45) is 5.60. The molecule has 5 aromatic rings. The molecule has 1 fully saturated rings. The van der Waals surface area contributed by atoms with Gasteiger partial charge in [-0.2, -0.15) is 5.10 Å². The SMILES string of the molecule is Cn1ccc(-c2cc(OC3CCC3NC(=O)OC(C)(C)C)c3c(Nc4ccc5ncccc5c4F)ncnc3c2)n1. The molecule has 1 amide bonds. The topological polar surface area (TPSA) is 116 Å². The van der Waals surface area contributed by atoms with Gasteiger partial charge < -0.3 is 20.1 Å². The van der Waals surface area contributed by atoms with Crippen LogP contribution in [-0.2, 0) is 11.8 Å². The Kier molecular flexibility index (Phi) is 6.64. The molecule has 1 aliphatic rings. The van der Waals surface area contributed by atoms with Gasteiger partial charge >= 0.3 is 6.09 Å². The normalized spacial score (nSPS) is 16.8. The maximum absolute atomic E-state index is 15.5. The van der Waals surface area contributed by atoms with Crippen LogP contribution in [0.5, 0.6) is 5.75 Å². The summed E-state index contributed by atoms with van der Waals surface area (Å²) in [7, 11) is 1.85. The number of pyridine rings is 1. The van der Waals surface area contributed by atoms with Crippen LogP contribution < -0.4 is 15.4 Å². The van der Waals surface area contributed by atoms with Crippen LogP contribution in [0.15, 0.2) is 61.2 Å². The number of benzene rings is 2. The Balaban J connectivity index is 1.38. The largest absolute Gasteiger partial charge is 0.487 e. The van der Waals surface area contributed by atoms with Crippen LogP contribution in [-0.4, -0.2) is 48.6 Å². The number of rotatable bonds is 6. The average molecular weight is 556 g/mol. The molecule has 2 unspecified atom stereocenters. The Morgan fingerprint density at radius 2 is 1.93 bits per heavy atom. The molecule has 2 atom stereocenters. The number of nitrogens with one attached hydrogen (secondary N) is 2. The summed E-state index contributed by atoms with van der Waals surface area (Å²) in [5.41, 5.74) is 2.34. The molecular formula is C30H30FN7O3. The lowest BCUT2D eigenvalue weighted by Crippen LogP contribution is -2.53. The Morgan fingerprint density at radius 1 is 1.07 bits per heavy atom. The molecule has 6 rings (SSSR count). The Morgan fingerprint density at radius 3 is 2.66 bits per heavy atom. The van der Waals surface area contributed by atoms with E-state index in [4.69, 9.17) is 9.47 Å². The van der Waals surface area contributed by atoms with E-state index in [1.165, 1.54) is 6.33 Å². The number of halogens is 1. The summed E-state index contributed by atoms with van der Waals surface area (Å²) in [6, 6.07) is 12.2. The first kappa shape index (κ1) is 26.4. The predicted molar refractivity (Wildman–Crippen MR) is 154 cm³/mol. The summed E-state index contributed by atoms with van der Waals surface area (Å²) in [5.74, 6) is 0.445. The third kappa shape index (κ3) is 5.47. The number of anilines is 2. The molecule has 1 aliphatic carbocycles. The van der Waals surface area contributed by atoms with E-state index >= 15 is 4.39 Å². The highest BCUT2D eigenvalue weighted by Crippen LogP contribution is 2.39. The number of alkyl carbamates (subject to hydrolysis) is 1. The fourth-order valence-electron chi connectivity index (χ4n) is 4.80. The van der Waals surface area contributed by atoms with Crippen molar-refractivity contribution >= 4 is 39.4 Å². The van der Waals surface area contributed by atoms with Gasteiger partial charge in [0.25, 0.3) is 0 Å². The van der Waals surface area contributed by atoms with Crippen molar-refractivity contribution in [2.75, 3.05) is 5.32 Å². The van der Waals surface area contributed by atoms with Gasteiger partial charge in [-0.1, -0.05) is 0 Å². The fraction of sp³-hybridized carbons (Fsp3) is 0.300. The van der Waals surface area contributed by atoms with Gasteiger partial charge in [-0.25, -0.2) is 19.2 Å². The van der Waals surface area contributed by atoms with Crippen LogP contribution >= 0.6 is 0 Å². The van der Waals surface area contributed by atoms with Crippen molar-refractivity contribution < 1.29 is 18.7 Å². The van der Waals surface area contributed by atoms with Crippen molar-refractivity contribution in [3.8, 4) is 17.0 Å². The van der Waals surface area contributed by atoms with E-state index in [0.717, 1.165) is 24.1 Å². The molecule has 0 bridgehead atoms. The monoisotopic (exact) mass is 555 g/mol. The molecule has 1 saturated carbocycles. The van der Waals surface area contributed by atoms with E-state index in [1.54, 1.807) is 35.1 Å². The van der Waals surface area contributed by atoms with Crippen molar-refractivity contribution in [3.63, 3.8) is 0 Å². The number of nitrogens with zero attached hydrogens (tertiary/aromatic N) is 5. The van der Waals surface area contributed by atoms with E-state index in [9.17, 15) is 4.79 Å². The molecule has 0 saturated heterocycles. The molecule has 3 heterocycles. The molecule has 3 aromatic heterocycles. The zero-order valence-corrected chi connectivity index (χ0v) is 23.2. The summed E-state index contributed by atoms with van der Waals surface area (Å²) in [5, 5.41) is 11.6. The third-order valence-electron chi connectivity index (χ3n) is 6.88. The maximum Gasteiger partial charge on any atom is 0.408 e. The molecule has 210 valence electrons. The van der Waals surface area contributed by atoms with Gasteiger partial charge in [0, 0.05) is 30.4 Å². The lowest BCUT2D eigenvalue weighted by Gasteiger charge is -2.37. The van der Waals surface area contributed by atoms with Gasteiger partial charge in [-0.3, -0.25) is 9.67 Å². The molecule has 41 heavy (non-hydrogen) atoms. The number of amides is 1. The lowest BCUT2D eigenvalue weighted by atomic mass is 9.89. The quantitative estimate of drug-likeness (QED) is 0.266. The zero-order valence-electron chi connectivity index (χ0n) is 23.2. The van der Waals surface area contributed by atoms with E-state index in [1.807, 2.05) is 52.2 Å².